The van der Waals surface area contributed by atoms with Crippen LogP contribution >= 0.6 is 27.7 Å². The van der Waals surface area contributed by atoms with Crippen LogP contribution in [0.1, 0.15) is 6.92 Å². The van der Waals surface area contributed by atoms with Gasteiger partial charge in [0.05, 0.1) is 5.10 Å². The van der Waals surface area contributed by atoms with Gasteiger partial charge < -0.3 is 5.32 Å². The molecule has 0 saturated carbocycles. The van der Waals surface area contributed by atoms with E-state index in [0.717, 1.165) is 11.1 Å². The Morgan fingerprint density at radius 1 is 1.83 bits per heavy atom. The summed E-state index contributed by atoms with van der Waals surface area (Å²) in [6.07, 6.45) is 0. The summed E-state index contributed by atoms with van der Waals surface area (Å²) in [6, 6.07) is 0. The minimum Gasteiger partial charge on any atom is -0.359 e. The van der Waals surface area contributed by atoms with E-state index in [2.05, 4.69) is 26.3 Å². The maximum absolute atomic E-state index is 10.0. The Balaban J connectivity index is 3.93. The van der Waals surface area contributed by atoms with Crippen molar-refractivity contribution >= 4 is 32.9 Å². The zero-order chi connectivity index (χ0) is 9.40. The van der Waals surface area contributed by atoms with Gasteiger partial charge in [-0.25, -0.2) is 10.1 Å². The van der Waals surface area contributed by atoms with E-state index in [1.54, 1.807) is 0 Å². The standard InChI is InChI=1S/C5H10BrN3O2S/c1-2-12-5(7-4-3-6)8-9(10)11/h2-4H2,1H3,(H,7,8). The molecule has 5 nitrogen and oxygen atoms in total. The third kappa shape index (κ3) is 6.41. The van der Waals surface area contributed by atoms with Gasteiger partial charge in [0.25, 0.3) is 0 Å². The van der Waals surface area contributed by atoms with Crippen molar-refractivity contribution in [3.63, 3.8) is 0 Å². The molecule has 0 aromatic rings. The molecular weight excluding hydrogens is 246 g/mol. The highest BCUT2D eigenvalue weighted by Gasteiger charge is 2.02. The van der Waals surface area contributed by atoms with Gasteiger partial charge >= 0.3 is 0 Å². The predicted octanol–water partition coefficient (Wildman–Crippen LogP) is 1.27. The number of nitrogens with zero attached hydrogens (tertiary/aromatic N) is 2. The van der Waals surface area contributed by atoms with Crippen LogP contribution in [0, 0.1) is 10.1 Å². The van der Waals surface area contributed by atoms with Gasteiger partial charge in [0.1, 0.15) is 0 Å². The molecule has 0 aliphatic rings. The third-order valence-electron chi connectivity index (χ3n) is 0.824. The number of halogens is 1. The molecule has 0 fully saturated rings. The Hall–Kier alpha value is -0.300. The number of nitrogens with one attached hydrogen (secondary N) is 1. The molecule has 12 heavy (non-hydrogen) atoms. The minimum atomic E-state index is -0.695. The highest BCUT2D eigenvalue weighted by atomic mass is 79.9. The molecule has 0 saturated heterocycles. The van der Waals surface area contributed by atoms with Crippen molar-refractivity contribution in [3.8, 4) is 0 Å². The first-order valence-corrected chi connectivity index (χ1v) is 5.47. The third-order valence-corrected chi connectivity index (χ3v) is 2.01. The molecular formula is C5H10BrN3O2S. The topological polar surface area (TPSA) is 67.5 Å². The molecule has 0 aliphatic heterocycles. The van der Waals surface area contributed by atoms with E-state index < -0.39 is 5.03 Å². The van der Waals surface area contributed by atoms with Crippen molar-refractivity contribution in [1.82, 2.24) is 5.32 Å². The number of amidine groups is 1. The van der Waals surface area contributed by atoms with Gasteiger partial charge in [-0.3, -0.25) is 0 Å². The maximum Gasteiger partial charge on any atom is 0.235 e. The first-order chi connectivity index (χ1) is 5.70. The first-order valence-electron chi connectivity index (χ1n) is 3.36. The molecule has 0 amide bonds. The van der Waals surface area contributed by atoms with E-state index in [0.29, 0.717) is 11.7 Å². The lowest BCUT2D eigenvalue weighted by atomic mass is 10.8. The van der Waals surface area contributed by atoms with Gasteiger partial charge in [-0.1, -0.05) is 34.6 Å². The van der Waals surface area contributed by atoms with Crippen molar-refractivity contribution in [2.45, 2.75) is 6.92 Å². The van der Waals surface area contributed by atoms with Crippen LogP contribution in [-0.4, -0.2) is 27.8 Å². The second-order valence-electron chi connectivity index (χ2n) is 1.69. The van der Waals surface area contributed by atoms with Gasteiger partial charge in [-0.2, -0.15) is 0 Å². The number of thioether (sulfide) groups is 1. The summed E-state index contributed by atoms with van der Waals surface area (Å²) < 4.78 is 0. The van der Waals surface area contributed by atoms with Crippen LogP contribution in [-0.2, 0) is 0 Å². The molecule has 0 unspecified atom stereocenters. The Morgan fingerprint density at radius 3 is 2.92 bits per heavy atom. The summed E-state index contributed by atoms with van der Waals surface area (Å²) in [5.74, 6) is 0.766. The monoisotopic (exact) mass is 255 g/mol. The minimum absolute atomic E-state index is 0.363. The zero-order valence-electron chi connectivity index (χ0n) is 6.62. The highest BCUT2D eigenvalue weighted by molar-refractivity contribution is 9.09. The molecule has 70 valence electrons. The molecule has 7 heteroatoms. The van der Waals surface area contributed by atoms with Gasteiger partial charge in [0.15, 0.2) is 5.03 Å². The number of hydrogen-bond donors (Lipinski definition) is 1. The summed E-state index contributed by atoms with van der Waals surface area (Å²) in [5, 5.41) is 16.4. The van der Waals surface area contributed by atoms with Crippen LogP contribution in [0.5, 0.6) is 0 Å². The Morgan fingerprint density at radius 2 is 2.50 bits per heavy atom. The second kappa shape index (κ2) is 7.35. The smallest absolute Gasteiger partial charge is 0.235 e. The van der Waals surface area contributed by atoms with E-state index in [-0.39, 0.29) is 0 Å². The van der Waals surface area contributed by atoms with Crippen molar-refractivity contribution in [1.29, 1.82) is 0 Å². The van der Waals surface area contributed by atoms with E-state index >= 15 is 0 Å². The van der Waals surface area contributed by atoms with Gasteiger partial charge in [-0.15, -0.1) is 0 Å². The van der Waals surface area contributed by atoms with Crippen LogP contribution in [0.3, 0.4) is 0 Å². The number of rotatable bonds is 4. The molecule has 0 radical (unpaired) electrons. The van der Waals surface area contributed by atoms with Gasteiger partial charge in [-0.05, 0) is 5.75 Å². The van der Waals surface area contributed by atoms with Crippen molar-refractivity contribution in [2.24, 2.45) is 5.10 Å². The fourth-order valence-electron chi connectivity index (χ4n) is 0.480. The van der Waals surface area contributed by atoms with Gasteiger partial charge in [0, 0.05) is 11.9 Å². The number of hydrogen-bond acceptors (Lipinski definition) is 3. The van der Waals surface area contributed by atoms with E-state index in [4.69, 9.17) is 0 Å². The average Bonchev–Trinajstić information content (AvgIpc) is 2.00. The number of alkyl halides is 1. The predicted molar refractivity (Wildman–Crippen MR) is 54.4 cm³/mol. The Bertz CT molecular complexity index is 176. The lowest BCUT2D eigenvalue weighted by Crippen LogP contribution is -2.23. The molecule has 0 aromatic heterocycles. The molecule has 0 bridgehead atoms. The number of nitro groups is 1. The average molecular weight is 256 g/mol. The second-order valence-corrected chi connectivity index (χ2v) is 3.74. The lowest BCUT2D eigenvalue weighted by Gasteiger charge is -2.01. The molecule has 0 aliphatic carbocycles. The molecule has 0 heterocycles. The SMILES string of the molecule is CCSC(=N[N+](=O)[O-])NCCBr. The summed E-state index contributed by atoms with van der Waals surface area (Å²) in [7, 11) is 0. The van der Waals surface area contributed by atoms with Crippen LogP contribution in [0.2, 0.25) is 0 Å². The van der Waals surface area contributed by atoms with Crippen LogP contribution in [0.15, 0.2) is 5.10 Å². The molecule has 0 spiro atoms. The quantitative estimate of drug-likeness (QED) is 0.270. The molecule has 0 aromatic carbocycles. The normalized spacial score (nSPS) is 11.3. The summed E-state index contributed by atoms with van der Waals surface area (Å²) >= 11 is 4.52. The van der Waals surface area contributed by atoms with E-state index in [1.165, 1.54) is 11.8 Å². The largest absolute Gasteiger partial charge is 0.359 e. The van der Waals surface area contributed by atoms with E-state index in [1.807, 2.05) is 6.92 Å². The summed E-state index contributed by atoms with van der Waals surface area (Å²) in [5.41, 5.74) is 0. The van der Waals surface area contributed by atoms with Crippen LogP contribution in [0.25, 0.3) is 0 Å². The summed E-state index contributed by atoms with van der Waals surface area (Å²) in [6.45, 7) is 2.55. The zero-order valence-corrected chi connectivity index (χ0v) is 9.02. The van der Waals surface area contributed by atoms with Gasteiger partial charge in [0.2, 0.25) is 5.17 Å². The maximum atomic E-state index is 10.0. The van der Waals surface area contributed by atoms with Crippen molar-refractivity contribution < 1.29 is 5.03 Å². The van der Waals surface area contributed by atoms with Crippen LogP contribution < -0.4 is 5.32 Å². The Labute approximate surface area is 83.3 Å². The Kier molecular flexibility index (Phi) is 7.17. The fourth-order valence-corrected chi connectivity index (χ4v) is 1.28. The van der Waals surface area contributed by atoms with Crippen LogP contribution in [0.4, 0.5) is 0 Å². The number of hydrazone groups is 1. The lowest BCUT2D eigenvalue weighted by molar-refractivity contribution is -0.484. The molecule has 0 atom stereocenters. The fraction of sp³-hybridized carbons (Fsp3) is 0.800. The van der Waals surface area contributed by atoms with Crippen molar-refractivity contribution in [3.05, 3.63) is 10.1 Å². The first kappa shape index (κ1) is 11.7. The highest BCUT2D eigenvalue weighted by Crippen LogP contribution is 2.00. The molecule has 1 N–H and O–H groups in total. The molecule has 0 rings (SSSR count). The van der Waals surface area contributed by atoms with Crippen molar-refractivity contribution in [2.75, 3.05) is 17.6 Å². The van der Waals surface area contributed by atoms with E-state index in [9.17, 15) is 10.1 Å². The summed E-state index contributed by atoms with van der Waals surface area (Å²) in [4.78, 5) is 10.0.